The van der Waals surface area contributed by atoms with Gasteiger partial charge in [-0.15, -0.1) is 0 Å². The molecule has 1 aliphatic heterocycles. The van der Waals surface area contributed by atoms with Gasteiger partial charge < -0.3 is 0 Å². The SMILES string of the molecule is CC1CC(=O)NN1c1cccc(C=O)c1. The van der Waals surface area contributed by atoms with Gasteiger partial charge in [-0.2, -0.15) is 0 Å². The van der Waals surface area contributed by atoms with E-state index in [1.807, 2.05) is 13.0 Å². The van der Waals surface area contributed by atoms with E-state index in [9.17, 15) is 9.59 Å². The lowest BCUT2D eigenvalue weighted by Crippen LogP contribution is -2.37. The monoisotopic (exact) mass is 204 g/mol. The first-order valence-electron chi connectivity index (χ1n) is 4.84. The number of carbonyl (C=O) groups excluding carboxylic acids is 2. The van der Waals surface area contributed by atoms with Crippen LogP contribution < -0.4 is 10.4 Å². The second-order valence-corrected chi connectivity index (χ2v) is 3.67. The molecule has 1 saturated heterocycles. The Morgan fingerprint density at radius 3 is 2.93 bits per heavy atom. The first-order valence-corrected chi connectivity index (χ1v) is 4.84. The van der Waals surface area contributed by atoms with Crippen molar-refractivity contribution in [2.24, 2.45) is 0 Å². The van der Waals surface area contributed by atoms with E-state index in [2.05, 4.69) is 5.43 Å². The molecule has 1 aromatic rings. The maximum Gasteiger partial charge on any atom is 0.240 e. The maximum atomic E-state index is 11.2. The number of hydrogen-bond acceptors (Lipinski definition) is 3. The van der Waals surface area contributed by atoms with E-state index in [4.69, 9.17) is 0 Å². The molecule has 0 saturated carbocycles. The van der Waals surface area contributed by atoms with Gasteiger partial charge in [0.2, 0.25) is 5.91 Å². The number of hydrazine groups is 1. The van der Waals surface area contributed by atoms with Gasteiger partial charge in [0.05, 0.1) is 18.2 Å². The van der Waals surface area contributed by atoms with Crippen molar-refractivity contribution in [3.05, 3.63) is 29.8 Å². The van der Waals surface area contributed by atoms with Crippen LogP contribution in [0.15, 0.2) is 24.3 Å². The van der Waals surface area contributed by atoms with Crippen LogP contribution in [-0.4, -0.2) is 18.2 Å². The fourth-order valence-electron chi connectivity index (χ4n) is 1.72. The minimum absolute atomic E-state index is 0.0130. The molecule has 1 amide bonds. The molecule has 78 valence electrons. The van der Waals surface area contributed by atoms with Crippen LogP contribution in [-0.2, 0) is 4.79 Å². The third-order valence-corrected chi connectivity index (χ3v) is 2.45. The maximum absolute atomic E-state index is 11.2. The topological polar surface area (TPSA) is 49.4 Å². The van der Waals surface area contributed by atoms with Crippen molar-refractivity contribution in [1.82, 2.24) is 5.43 Å². The van der Waals surface area contributed by atoms with Gasteiger partial charge >= 0.3 is 0 Å². The van der Waals surface area contributed by atoms with E-state index in [0.717, 1.165) is 12.0 Å². The second kappa shape index (κ2) is 3.73. The molecule has 1 aliphatic rings. The van der Waals surface area contributed by atoms with Crippen LogP contribution in [0.1, 0.15) is 23.7 Å². The summed E-state index contributed by atoms with van der Waals surface area (Å²) in [5.74, 6) is 0.0130. The minimum atomic E-state index is 0.0130. The number of anilines is 1. The number of aldehydes is 1. The zero-order valence-corrected chi connectivity index (χ0v) is 8.43. The lowest BCUT2D eigenvalue weighted by Gasteiger charge is -2.22. The Morgan fingerprint density at radius 2 is 2.33 bits per heavy atom. The van der Waals surface area contributed by atoms with E-state index in [1.165, 1.54) is 0 Å². The van der Waals surface area contributed by atoms with Gasteiger partial charge in [-0.1, -0.05) is 12.1 Å². The Hall–Kier alpha value is -1.84. The first kappa shape index (κ1) is 9.71. The molecule has 1 heterocycles. The summed E-state index contributed by atoms with van der Waals surface area (Å²) in [6, 6.07) is 7.29. The van der Waals surface area contributed by atoms with Gasteiger partial charge in [-0.25, -0.2) is 0 Å². The molecule has 1 atom stereocenters. The zero-order chi connectivity index (χ0) is 10.8. The molecular formula is C11H12N2O2. The average molecular weight is 204 g/mol. The predicted molar refractivity (Wildman–Crippen MR) is 56.5 cm³/mol. The Balaban J connectivity index is 2.29. The molecular weight excluding hydrogens is 192 g/mol. The van der Waals surface area contributed by atoms with Crippen LogP contribution in [0.4, 0.5) is 5.69 Å². The fraction of sp³-hybridized carbons (Fsp3) is 0.273. The number of benzene rings is 1. The van der Waals surface area contributed by atoms with Gasteiger partial charge in [-0.05, 0) is 19.1 Å². The molecule has 0 aromatic heterocycles. The van der Waals surface area contributed by atoms with Crippen LogP contribution in [0.3, 0.4) is 0 Å². The molecule has 1 unspecified atom stereocenters. The quantitative estimate of drug-likeness (QED) is 0.735. The number of hydrogen-bond donors (Lipinski definition) is 1. The van der Waals surface area contributed by atoms with E-state index in [-0.39, 0.29) is 11.9 Å². The average Bonchev–Trinajstić information content (AvgIpc) is 2.58. The normalized spacial score (nSPS) is 20.2. The van der Waals surface area contributed by atoms with E-state index in [0.29, 0.717) is 12.0 Å². The van der Waals surface area contributed by atoms with Crippen LogP contribution in [0, 0.1) is 0 Å². The van der Waals surface area contributed by atoms with Crippen LogP contribution in [0.2, 0.25) is 0 Å². The lowest BCUT2D eigenvalue weighted by atomic mass is 10.2. The molecule has 15 heavy (non-hydrogen) atoms. The zero-order valence-electron chi connectivity index (χ0n) is 8.43. The summed E-state index contributed by atoms with van der Waals surface area (Å²) in [5.41, 5.74) is 4.21. The highest BCUT2D eigenvalue weighted by molar-refractivity contribution is 5.83. The van der Waals surface area contributed by atoms with Crippen LogP contribution in [0.5, 0.6) is 0 Å². The Labute approximate surface area is 87.9 Å². The molecule has 0 radical (unpaired) electrons. The summed E-state index contributed by atoms with van der Waals surface area (Å²) in [7, 11) is 0. The van der Waals surface area contributed by atoms with Crippen molar-refractivity contribution in [2.75, 3.05) is 5.01 Å². The molecule has 1 N–H and O–H groups in total. The fourth-order valence-corrected chi connectivity index (χ4v) is 1.72. The van der Waals surface area contributed by atoms with Crippen molar-refractivity contribution >= 4 is 17.9 Å². The number of carbonyl (C=O) groups is 2. The third kappa shape index (κ3) is 1.83. The number of nitrogens with zero attached hydrogens (tertiary/aromatic N) is 1. The van der Waals surface area contributed by atoms with Crippen molar-refractivity contribution in [3.63, 3.8) is 0 Å². The largest absolute Gasteiger partial charge is 0.298 e. The summed E-state index contributed by atoms with van der Waals surface area (Å²) in [6.07, 6.45) is 1.29. The van der Waals surface area contributed by atoms with Gasteiger partial charge in [0.1, 0.15) is 6.29 Å². The summed E-state index contributed by atoms with van der Waals surface area (Å²) in [4.78, 5) is 21.8. The van der Waals surface area contributed by atoms with E-state index < -0.39 is 0 Å². The Morgan fingerprint density at radius 1 is 1.53 bits per heavy atom. The molecule has 4 nitrogen and oxygen atoms in total. The van der Waals surface area contributed by atoms with Crippen molar-refractivity contribution < 1.29 is 9.59 Å². The first-order chi connectivity index (χ1) is 7.20. The Kier molecular flexibility index (Phi) is 2.41. The molecule has 4 heteroatoms. The summed E-state index contributed by atoms with van der Waals surface area (Å²) in [6.45, 7) is 1.96. The van der Waals surface area contributed by atoms with Gasteiger partial charge in [0, 0.05) is 5.56 Å². The van der Waals surface area contributed by atoms with Crippen molar-refractivity contribution in [2.45, 2.75) is 19.4 Å². The molecule has 0 bridgehead atoms. The van der Waals surface area contributed by atoms with Crippen LogP contribution >= 0.6 is 0 Å². The smallest absolute Gasteiger partial charge is 0.240 e. The number of amides is 1. The highest BCUT2D eigenvalue weighted by atomic mass is 16.2. The van der Waals surface area contributed by atoms with Gasteiger partial charge in [0.15, 0.2) is 0 Å². The van der Waals surface area contributed by atoms with E-state index in [1.54, 1.807) is 23.2 Å². The van der Waals surface area contributed by atoms with Gasteiger partial charge in [-0.3, -0.25) is 20.0 Å². The second-order valence-electron chi connectivity index (χ2n) is 3.67. The standard InChI is InChI=1S/C11H12N2O2/c1-8-5-11(15)12-13(8)10-4-2-3-9(6-10)7-14/h2-4,6-8H,5H2,1H3,(H,12,15). The molecule has 2 rings (SSSR count). The highest BCUT2D eigenvalue weighted by Crippen LogP contribution is 2.20. The summed E-state index contributed by atoms with van der Waals surface area (Å²) in [5, 5.41) is 1.79. The minimum Gasteiger partial charge on any atom is -0.298 e. The van der Waals surface area contributed by atoms with Gasteiger partial charge in [0.25, 0.3) is 0 Å². The van der Waals surface area contributed by atoms with E-state index >= 15 is 0 Å². The predicted octanol–water partition coefficient (Wildman–Crippen LogP) is 1.13. The number of rotatable bonds is 2. The Bertz CT molecular complexity index is 403. The lowest BCUT2D eigenvalue weighted by molar-refractivity contribution is -0.119. The third-order valence-electron chi connectivity index (χ3n) is 2.45. The summed E-state index contributed by atoms with van der Waals surface area (Å²) < 4.78 is 0. The van der Waals surface area contributed by atoms with Crippen molar-refractivity contribution in [3.8, 4) is 0 Å². The highest BCUT2D eigenvalue weighted by Gasteiger charge is 2.26. The molecule has 0 spiro atoms. The molecule has 1 aromatic carbocycles. The number of nitrogens with one attached hydrogen (secondary N) is 1. The summed E-state index contributed by atoms with van der Waals surface area (Å²) >= 11 is 0. The van der Waals surface area contributed by atoms with Crippen LogP contribution in [0.25, 0.3) is 0 Å². The molecule has 1 fully saturated rings. The molecule has 0 aliphatic carbocycles. The van der Waals surface area contributed by atoms with Crippen molar-refractivity contribution in [1.29, 1.82) is 0 Å².